The van der Waals surface area contributed by atoms with Gasteiger partial charge in [0.25, 0.3) is 11.8 Å². The lowest BCUT2D eigenvalue weighted by Crippen LogP contribution is -2.52. The zero-order chi connectivity index (χ0) is 26.6. The van der Waals surface area contributed by atoms with Gasteiger partial charge < -0.3 is 24.8 Å². The fourth-order valence-corrected chi connectivity index (χ4v) is 5.61. The van der Waals surface area contributed by atoms with E-state index >= 15 is 0 Å². The number of pyridine rings is 1. The van der Waals surface area contributed by atoms with Crippen LogP contribution in [-0.2, 0) is 14.3 Å². The van der Waals surface area contributed by atoms with Gasteiger partial charge in [-0.2, -0.15) is 0 Å². The van der Waals surface area contributed by atoms with E-state index < -0.39 is 12.1 Å². The third-order valence-corrected chi connectivity index (χ3v) is 7.54. The number of aromatic nitrogens is 1. The van der Waals surface area contributed by atoms with Gasteiger partial charge in [0.05, 0.1) is 25.8 Å². The smallest absolute Gasteiger partial charge is 0.273 e. The van der Waals surface area contributed by atoms with Gasteiger partial charge >= 0.3 is 0 Å². The summed E-state index contributed by atoms with van der Waals surface area (Å²) in [5, 5.41) is 2.90. The first-order valence-corrected chi connectivity index (χ1v) is 13.3. The normalized spacial score (nSPS) is 21.8. The first-order valence-electron chi connectivity index (χ1n) is 13.3. The molecule has 1 aromatic heterocycles. The number of rotatable bonds is 7. The number of benzene rings is 1. The van der Waals surface area contributed by atoms with Crippen LogP contribution in [0.15, 0.2) is 48.7 Å². The van der Waals surface area contributed by atoms with Crippen LogP contribution in [0.2, 0.25) is 0 Å². The molecule has 38 heavy (non-hydrogen) atoms. The monoisotopic (exact) mass is 519 g/mol. The number of fused-ring (bicyclic) bond motifs is 1. The first-order chi connectivity index (χ1) is 18.5. The lowest BCUT2D eigenvalue weighted by atomic mass is 10.1. The molecule has 3 aliphatic heterocycles. The number of anilines is 1. The second kappa shape index (κ2) is 11.3. The molecule has 4 heterocycles. The average molecular weight is 520 g/mol. The molecule has 0 saturated carbocycles. The van der Waals surface area contributed by atoms with Crippen molar-refractivity contribution < 1.29 is 23.9 Å². The molecular weight excluding hydrogens is 486 g/mol. The Labute approximate surface area is 221 Å². The Kier molecular flexibility index (Phi) is 7.69. The van der Waals surface area contributed by atoms with E-state index in [1.54, 1.807) is 41.4 Å². The van der Waals surface area contributed by atoms with Crippen LogP contribution < -0.4 is 10.2 Å². The number of carbonyl (C=O) groups excluding carboxylic acids is 4. The summed E-state index contributed by atoms with van der Waals surface area (Å²) in [6.45, 7) is 5.23. The molecule has 3 unspecified atom stereocenters. The Morgan fingerprint density at radius 2 is 1.82 bits per heavy atom. The summed E-state index contributed by atoms with van der Waals surface area (Å²) in [5.41, 5.74) is 1.78. The first kappa shape index (κ1) is 25.8. The summed E-state index contributed by atoms with van der Waals surface area (Å²) in [7, 11) is 0. The molecule has 3 aliphatic rings. The Morgan fingerprint density at radius 3 is 2.50 bits per heavy atom. The number of hydrogen-bond acceptors (Lipinski definition) is 7. The van der Waals surface area contributed by atoms with Gasteiger partial charge in [0.2, 0.25) is 5.91 Å². The summed E-state index contributed by atoms with van der Waals surface area (Å²) < 4.78 is 5.40. The van der Waals surface area contributed by atoms with Gasteiger partial charge in [-0.1, -0.05) is 19.4 Å². The number of ether oxygens (including phenoxy) is 1. The maximum Gasteiger partial charge on any atom is 0.273 e. The molecule has 5 rings (SSSR count). The van der Waals surface area contributed by atoms with Gasteiger partial charge in [-0.05, 0) is 49.2 Å². The van der Waals surface area contributed by atoms with Crippen LogP contribution in [0.4, 0.5) is 5.69 Å². The van der Waals surface area contributed by atoms with Crippen LogP contribution >= 0.6 is 0 Å². The van der Waals surface area contributed by atoms with E-state index in [1.165, 1.54) is 4.90 Å². The van der Waals surface area contributed by atoms with Crippen LogP contribution in [0.3, 0.4) is 0 Å². The molecule has 1 aromatic carbocycles. The molecule has 0 bridgehead atoms. The van der Waals surface area contributed by atoms with Crippen molar-refractivity contribution in [2.75, 3.05) is 44.3 Å². The minimum absolute atomic E-state index is 0.0468. The molecule has 2 aromatic rings. The number of ketones is 1. The lowest BCUT2D eigenvalue weighted by molar-refractivity contribution is -0.138. The van der Waals surface area contributed by atoms with Crippen molar-refractivity contribution in [3.63, 3.8) is 0 Å². The second-order valence-electron chi connectivity index (χ2n) is 9.91. The zero-order valence-corrected chi connectivity index (χ0v) is 21.5. The Morgan fingerprint density at radius 1 is 1.05 bits per heavy atom. The van der Waals surface area contributed by atoms with E-state index in [4.69, 9.17) is 4.74 Å². The number of carbonyl (C=O) groups is 4. The predicted octanol–water partition coefficient (Wildman–Crippen LogP) is 1.51. The molecule has 3 amide bonds. The van der Waals surface area contributed by atoms with Crippen LogP contribution in [-0.4, -0.2) is 95.8 Å². The van der Waals surface area contributed by atoms with E-state index in [9.17, 15) is 19.2 Å². The molecule has 1 N–H and O–H groups in total. The topological polar surface area (TPSA) is 112 Å². The van der Waals surface area contributed by atoms with Crippen LogP contribution in [0.1, 0.15) is 47.0 Å². The molecular formula is C28H33N5O5. The van der Waals surface area contributed by atoms with Gasteiger partial charge in [-0.25, -0.2) is 0 Å². The summed E-state index contributed by atoms with van der Waals surface area (Å²) >= 11 is 0. The Bertz CT molecular complexity index is 1180. The van der Waals surface area contributed by atoms with E-state index in [-0.39, 0.29) is 41.8 Å². The molecule has 10 nitrogen and oxygen atoms in total. The summed E-state index contributed by atoms with van der Waals surface area (Å²) in [6.07, 6.45) is 3.19. The molecule has 200 valence electrons. The highest BCUT2D eigenvalue weighted by Gasteiger charge is 2.52. The Hall–Kier alpha value is -3.79. The third-order valence-electron chi connectivity index (χ3n) is 7.54. The van der Waals surface area contributed by atoms with Gasteiger partial charge in [0, 0.05) is 37.1 Å². The number of Topliss-reactive ketones (excluding diaryl/α,β-unsaturated/α-hetero) is 1. The highest BCUT2D eigenvalue weighted by Crippen LogP contribution is 2.31. The van der Waals surface area contributed by atoms with Crippen molar-refractivity contribution in [1.29, 1.82) is 0 Å². The van der Waals surface area contributed by atoms with Crippen LogP contribution in [0.5, 0.6) is 0 Å². The number of nitrogens with one attached hydrogen (secondary N) is 1. The zero-order valence-electron chi connectivity index (χ0n) is 21.5. The average Bonchev–Trinajstić information content (AvgIpc) is 3.54. The molecule has 10 heteroatoms. The number of nitrogens with zero attached hydrogens (tertiary/aromatic N) is 4. The second-order valence-corrected chi connectivity index (χ2v) is 9.91. The van der Waals surface area contributed by atoms with Crippen molar-refractivity contribution in [3.8, 4) is 0 Å². The highest BCUT2D eigenvalue weighted by molar-refractivity contribution is 6.03. The molecule has 3 saturated heterocycles. The fourth-order valence-electron chi connectivity index (χ4n) is 5.61. The van der Waals surface area contributed by atoms with Crippen molar-refractivity contribution in [1.82, 2.24) is 20.1 Å². The van der Waals surface area contributed by atoms with Crippen LogP contribution in [0, 0.1) is 0 Å². The molecule has 0 spiro atoms. The third kappa shape index (κ3) is 5.13. The standard InChI is InChI=1S/C28H33N5O5/c1-2-5-22(30-26(35)19-7-9-20(10-8-19)31-14-16-38-17-15-31)28(37)32-13-11-23-25(32)24(34)18-33(23)27(36)21-6-3-4-12-29-21/h3-4,6-10,12,22-23,25H,2,5,11,13-18H2,1H3,(H,30,35). The quantitative estimate of drug-likeness (QED) is 0.590. The summed E-state index contributed by atoms with van der Waals surface area (Å²) in [6, 6.07) is 10.6. The predicted molar refractivity (Wildman–Crippen MR) is 140 cm³/mol. The van der Waals surface area contributed by atoms with Gasteiger partial charge in [0.15, 0.2) is 5.78 Å². The fraction of sp³-hybridized carbons (Fsp3) is 0.464. The SMILES string of the molecule is CCCC(NC(=O)c1ccc(N2CCOCC2)cc1)C(=O)N1CCC2C1C(=O)CN2C(=O)c1ccccn1. The van der Waals surface area contributed by atoms with Gasteiger partial charge in [0.1, 0.15) is 17.8 Å². The number of amides is 3. The van der Waals surface area contributed by atoms with Gasteiger partial charge in [-0.3, -0.25) is 24.2 Å². The van der Waals surface area contributed by atoms with Gasteiger partial charge in [-0.15, -0.1) is 0 Å². The van der Waals surface area contributed by atoms with Crippen molar-refractivity contribution in [2.45, 2.75) is 44.3 Å². The maximum absolute atomic E-state index is 13.6. The van der Waals surface area contributed by atoms with E-state index in [1.807, 2.05) is 19.1 Å². The molecule has 0 radical (unpaired) electrons. The van der Waals surface area contributed by atoms with E-state index in [0.29, 0.717) is 44.6 Å². The summed E-state index contributed by atoms with van der Waals surface area (Å²) in [4.78, 5) is 62.1. The minimum atomic E-state index is -0.751. The molecule has 3 atom stereocenters. The molecule has 0 aliphatic carbocycles. The van der Waals surface area contributed by atoms with Crippen LogP contribution in [0.25, 0.3) is 0 Å². The largest absolute Gasteiger partial charge is 0.378 e. The summed E-state index contributed by atoms with van der Waals surface area (Å²) in [5.74, 6) is -1.08. The Balaban J connectivity index is 1.26. The maximum atomic E-state index is 13.6. The number of morpholine rings is 1. The molecule has 3 fully saturated rings. The van der Waals surface area contributed by atoms with Crippen molar-refractivity contribution in [3.05, 3.63) is 59.9 Å². The number of likely N-dealkylation sites (tertiary alicyclic amines) is 2. The minimum Gasteiger partial charge on any atom is -0.378 e. The highest BCUT2D eigenvalue weighted by atomic mass is 16.5. The van der Waals surface area contributed by atoms with E-state index in [0.717, 1.165) is 18.8 Å². The van der Waals surface area contributed by atoms with Crippen molar-refractivity contribution in [2.24, 2.45) is 0 Å². The van der Waals surface area contributed by atoms with Crippen molar-refractivity contribution >= 4 is 29.2 Å². The lowest BCUT2D eigenvalue weighted by Gasteiger charge is -2.29. The van der Waals surface area contributed by atoms with E-state index in [2.05, 4.69) is 15.2 Å². The number of hydrogen-bond donors (Lipinski definition) is 1.